The number of carboxylic acids is 1. The van der Waals surface area contributed by atoms with Crippen molar-refractivity contribution in [2.75, 3.05) is 12.5 Å². The molecule has 0 fully saturated rings. The summed E-state index contributed by atoms with van der Waals surface area (Å²) >= 11 is 5.50. The molecule has 0 amide bonds. The van der Waals surface area contributed by atoms with Crippen LogP contribution < -0.4 is 4.74 Å². The number of ether oxygens (including phenoxy) is 1. The van der Waals surface area contributed by atoms with Gasteiger partial charge in [-0.05, 0) is 12.1 Å². The SMILES string of the molecule is O=C(O)COc1ccccc1C#CCCCl. The molecule has 0 aliphatic heterocycles. The molecule has 0 aliphatic rings. The third-order valence-electron chi connectivity index (χ3n) is 1.68. The van der Waals surface area contributed by atoms with E-state index in [0.29, 0.717) is 23.6 Å². The molecule has 0 aliphatic carbocycles. The van der Waals surface area contributed by atoms with E-state index in [1.54, 1.807) is 18.2 Å². The Labute approximate surface area is 99.0 Å². The van der Waals surface area contributed by atoms with Crippen LogP contribution in [0.4, 0.5) is 0 Å². The van der Waals surface area contributed by atoms with Gasteiger partial charge in [0.15, 0.2) is 6.61 Å². The molecule has 0 spiro atoms. The summed E-state index contributed by atoms with van der Waals surface area (Å²) in [5.74, 6) is 5.70. The molecule has 1 rings (SSSR count). The fraction of sp³-hybridized carbons (Fsp3) is 0.250. The number of benzene rings is 1. The second kappa shape index (κ2) is 6.76. The van der Waals surface area contributed by atoms with Crippen LogP contribution in [0, 0.1) is 11.8 Å². The molecule has 0 saturated carbocycles. The molecular weight excluding hydrogens is 228 g/mol. The van der Waals surface area contributed by atoms with E-state index in [-0.39, 0.29) is 6.61 Å². The fourth-order valence-corrected chi connectivity index (χ4v) is 1.13. The highest BCUT2D eigenvalue weighted by Crippen LogP contribution is 2.16. The van der Waals surface area contributed by atoms with E-state index < -0.39 is 5.97 Å². The lowest BCUT2D eigenvalue weighted by Gasteiger charge is -2.04. The number of alkyl halides is 1. The lowest BCUT2D eigenvalue weighted by atomic mass is 10.2. The maximum Gasteiger partial charge on any atom is 0.341 e. The van der Waals surface area contributed by atoms with Crippen molar-refractivity contribution in [2.45, 2.75) is 6.42 Å². The lowest BCUT2D eigenvalue weighted by molar-refractivity contribution is -0.139. The van der Waals surface area contributed by atoms with Crippen LogP contribution in [0.1, 0.15) is 12.0 Å². The van der Waals surface area contributed by atoms with Crippen molar-refractivity contribution >= 4 is 17.6 Å². The molecule has 1 aromatic rings. The average molecular weight is 239 g/mol. The largest absolute Gasteiger partial charge is 0.481 e. The van der Waals surface area contributed by atoms with Gasteiger partial charge in [-0.2, -0.15) is 0 Å². The normalized spacial score (nSPS) is 9.06. The van der Waals surface area contributed by atoms with Crippen LogP contribution in [0.5, 0.6) is 5.75 Å². The van der Waals surface area contributed by atoms with E-state index in [1.165, 1.54) is 0 Å². The van der Waals surface area contributed by atoms with Crippen molar-refractivity contribution in [3.63, 3.8) is 0 Å². The molecule has 1 N–H and O–H groups in total. The molecule has 0 aromatic heterocycles. The van der Waals surface area contributed by atoms with E-state index in [9.17, 15) is 4.79 Å². The van der Waals surface area contributed by atoms with E-state index in [0.717, 1.165) is 0 Å². The highest BCUT2D eigenvalue weighted by molar-refractivity contribution is 6.18. The Morgan fingerprint density at radius 1 is 1.44 bits per heavy atom. The number of hydrogen-bond acceptors (Lipinski definition) is 2. The Hall–Kier alpha value is -1.66. The van der Waals surface area contributed by atoms with Gasteiger partial charge in [0.1, 0.15) is 5.75 Å². The van der Waals surface area contributed by atoms with Gasteiger partial charge in [-0.1, -0.05) is 24.0 Å². The zero-order valence-corrected chi connectivity index (χ0v) is 9.33. The first-order chi connectivity index (χ1) is 7.74. The lowest BCUT2D eigenvalue weighted by Crippen LogP contribution is -2.10. The van der Waals surface area contributed by atoms with Crippen molar-refractivity contribution in [1.29, 1.82) is 0 Å². The van der Waals surface area contributed by atoms with Crippen LogP contribution in [-0.2, 0) is 4.79 Å². The van der Waals surface area contributed by atoms with Crippen LogP contribution in [-0.4, -0.2) is 23.6 Å². The van der Waals surface area contributed by atoms with Crippen molar-refractivity contribution in [3.05, 3.63) is 29.8 Å². The van der Waals surface area contributed by atoms with E-state index in [4.69, 9.17) is 21.4 Å². The zero-order valence-electron chi connectivity index (χ0n) is 8.57. The summed E-state index contributed by atoms with van der Waals surface area (Å²) in [6.45, 7) is -0.367. The number of carboxylic acid groups (broad SMARTS) is 1. The number of para-hydroxylation sites is 1. The van der Waals surface area contributed by atoms with Crippen molar-refractivity contribution in [3.8, 4) is 17.6 Å². The molecule has 84 valence electrons. The summed E-state index contributed by atoms with van der Waals surface area (Å²) < 4.78 is 5.09. The molecule has 0 heterocycles. The van der Waals surface area contributed by atoms with Gasteiger partial charge in [-0.25, -0.2) is 4.79 Å². The molecule has 0 unspecified atom stereocenters. The molecule has 0 radical (unpaired) electrons. The molecule has 1 aromatic carbocycles. The molecule has 4 heteroatoms. The van der Waals surface area contributed by atoms with Crippen LogP contribution >= 0.6 is 11.6 Å². The van der Waals surface area contributed by atoms with Gasteiger partial charge in [0.2, 0.25) is 0 Å². The third-order valence-corrected chi connectivity index (χ3v) is 1.87. The van der Waals surface area contributed by atoms with Gasteiger partial charge in [0, 0.05) is 12.3 Å². The average Bonchev–Trinajstić information content (AvgIpc) is 2.28. The quantitative estimate of drug-likeness (QED) is 0.646. The predicted octanol–water partition coefficient (Wildman–Crippen LogP) is 2.13. The number of aliphatic carboxylic acids is 1. The summed E-state index contributed by atoms with van der Waals surface area (Å²) in [6.07, 6.45) is 0.592. The summed E-state index contributed by atoms with van der Waals surface area (Å²) in [7, 11) is 0. The maximum atomic E-state index is 10.4. The number of halogens is 1. The zero-order chi connectivity index (χ0) is 11.8. The smallest absolute Gasteiger partial charge is 0.341 e. The predicted molar refractivity (Wildman–Crippen MR) is 61.8 cm³/mol. The van der Waals surface area contributed by atoms with Crippen LogP contribution in [0.25, 0.3) is 0 Å². The van der Waals surface area contributed by atoms with Gasteiger partial charge in [0.05, 0.1) is 5.56 Å². The molecular formula is C12H11ClO3. The summed E-state index contributed by atoms with van der Waals surface area (Å²) in [6, 6.07) is 7.05. The molecule has 3 nitrogen and oxygen atoms in total. The van der Waals surface area contributed by atoms with Gasteiger partial charge in [-0.15, -0.1) is 11.6 Å². The van der Waals surface area contributed by atoms with Gasteiger partial charge >= 0.3 is 5.97 Å². The fourth-order valence-electron chi connectivity index (χ4n) is 1.04. The molecule has 16 heavy (non-hydrogen) atoms. The first-order valence-electron chi connectivity index (χ1n) is 4.72. The minimum absolute atomic E-state index is 0.367. The van der Waals surface area contributed by atoms with Crippen LogP contribution in [0.2, 0.25) is 0 Å². The second-order valence-corrected chi connectivity index (χ2v) is 3.30. The van der Waals surface area contributed by atoms with E-state index in [2.05, 4.69) is 11.8 Å². The molecule has 0 bridgehead atoms. The molecule has 0 atom stereocenters. The van der Waals surface area contributed by atoms with E-state index in [1.807, 2.05) is 6.07 Å². The van der Waals surface area contributed by atoms with Gasteiger partial charge < -0.3 is 9.84 Å². The Kier molecular flexibility index (Phi) is 5.24. The minimum Gasteiger partial charge on any atom is -0.481 e. The van der Waals surface area contributed by atoms with E-state index >= 15 is 0 Å². The number of carbonyl (C=O) groups is 1. The van der Waals surface area contributed by atoms with Gasteiger partial charge in [0.25, 0.3) is 0 Å². The van der Waals surface area contributed by atoms with Gasteiger partial charge in [-0.3, -0.25) is 0 Å². The summed E-state index contributed by atoms with van der Waals surface area (Å²) in [5.41, 5.74) is 0.675. The van der Waals surface area contributed by atoms with Crippen molar-refractivity contribution in [1.82, 2.24) is 0 Å². The topological polar surface area (TPSA) is 46.5 Å². The highest BCUT2D eigenvalue weighted by Gasteiger charge is 2.02. The Morgan fingerprint density at radius 3 is 2.88 bits per heavy atom. The Morgan fingerprint density at radius 2 is 2.19 bits per heavy atom. The number of hydrogen-bond donors (Lipinski definition) is 1. The summed E-state index contributed by atoms with van der Waals surface area (Å²) in [4.78, 5) is 10.4. The monoisotopic (exact) mass is 238 g/mol. The van der Waals surface area contributed by atoms with Crippen LogP contribution in [0.15, 0.2) is 24.3 Å². The highest BCUT2D eigenvalue weighted by atomic mass is 35.5. The minimum atomic E-state index is -1.01. The standard InChI is InChI=1S/C12H11ClO3/c13-8-4-3-6-10-5-1-2-7-11(10)16-9-12(14)15/h1-2,5,7H,4,8-9H2,(H,14,15). The first kappa shape index (κ1) is 12.4. The second-order valence-electron chi connectivity index (χ2n) is 2.92. The number of rotatable bonds is 4. The van der Waals surface area contributed by atoms with Crippen molar-refractivity contribution in [2.24, 2.45) is 0 Å². The summed E-state index contributed by atoms with van der Waals surface area (Å²) in [5, 5.41) is 8.50. The first-order valence-corrected chi connectivity index (χ1v) is 5.26. The van der Waals surface area contributed by atoms with Crippen LogP contribution in [0.3, 0.4) is 0 Å². The maximum absolute atomic E-state index is 10.4. The molecule has 0 saturated heterocycles. The Balaban J connectivity index is 2.76. The third kappa shape index (κ3) is 4.24. The Bertz CT molecular complexity index is 418. The van der Waals surface area contributed by atoms with Crippen molar-refractivity contribution < 1.29 is 14.6 Å².